The summed E-state index contributed by atoms with van der Waals surface area (Å²) in [6.07, 6.45) is 3.70. The summed E-state index contributed by atoms with van der Waals surface area (Å²) in [5.74, 6) is -1.04. The molecule has 0 bridgehead atoms. The quantitative estimate of drug-likeness (QED) is 0.841. The summed E-state index contributed by atoms with van der Waals surface area (Å²) in [6.45, 7) is 4.99. The molecule has 2 N–H and O–H groups in total. The minimum atomic E-state index is -0.550. The van der Waals surface area contributed by atoms with Crippen LogP contribution < -0.4 is 5.32 Å². The number of benzene rings is 1. The molecule has 1 saturated carbocycles. The van der Waals surface area contributed by atoms with Crippen LogP contribution in [0.3, 0.4) is 0 Å². The zero-order valence-corrected chi connectivity index (χ0v) is 14.8. The molecule has 136 valence electrons. The lowest BCUT2D eigenvalue weighted by Crippen LogP contribution is -2.40. The molecule has 3 rings (SSSR count). The molecule has 6 heteroatoms. The van der Waals surface area contributed by atoms with Gasteiger partial charge >= 0.3 is 0 Å². The summed E-state index contributed by atoms with van der Waals surface area (Å²) in [6, 6.07) is 3.86. The van der Waals surface area contributed by atoms with Crippen LogP contribution in [0.5, 0.6) is 0 Å². The predicted octanol–water partition coefficient (Wildman–Crippen LogP) is 3.33. The molecule has 4 nitrogen and oxygen atoms in total. The zero-order chi connectivity index (χ0) is 18.0. The standard InChI is InChI=1S/C19H25F2N3O/c1-13-16(14(2)24(23-13)9-10-25)12-22-19(7-3-4-8-19)17-6-5-15(20)11-18(17)21/h5-6,11,22,25H,3-4,7-10,12H2,1-2H3. The molecule has 0 unspecified atom stereocenters. The lowest BCUT2D eigenvalue weighted by atomic mass is 9.87. The molecule has 0 radical (unpaired) electrons. The Morgan fingerprint density at radius 3 is 2.60 bits per heavy atom. The minimum absolute atomic E-state index is 0.0412. The molecule has 1 aliphatic rings. The van der Waals surface area contributed by atoms with Crippen LogP contribution in [0.25, 0.3) is 0 Å². The van der Waals surface area contributed by atoms with E-state index >= 15 is 0 Å². The van der Waals surface area contributed by atoms with E-state index in [9.17, 15) is 8.78 Å². The van der Waals surface area contributed by atoms with E-state index in [1.165, 1.54) is 6.07 Å². The van der Waals surface area contributed by atoms with Crippen molar-refractivity contribution >= 4 is 0 Å². The highest BCUT2D eigenvalue weighted by molar-refractivity contribution is 5.30. The van der Waals surface area contributed by atoms with Crippen LogP contribution in [0.1, 0.15) is 48.2 Å². The molecule has 1 aromatic carbocycles. The Bertz CT molecular complexity index is 751. The SMILES string of the molecule is Cc1nn(CCO)c(C)c1CNC1(c2ccc(F)cc2F)CCCC1. The van der Waals surface area contributed by atoms with E-state index in [0.29, 0.717) is 18.7 Å². The molecule has 25 heavy (non-hydrogen) atoms. The Hall–Kier alpha value is -1.79. The first-order valence-corrected chi connectivity index (χ1v) is 8.81. The van der Waals surface area contributed by atoms with E-state index < -0.39 is 17.2 Å². The van der Waals surface area contributed by atoms with Crippen molar-refractivity contribution < 1.29 is 13.9 Å². The minimum Gasteiger partial charge on any atom is -0.394 e. The molecule has 1 aliphatic carbocycles. The second-order valence-electron chi connectivity index (χ2n) is 6.86. The molecule has 0 atom stereocenters. The number of hydrogen-bond acceptors (Lipinski definition) is 3. The summed E-state index contributed by atoms with van der Waals surface area (Å²) in [5.41, 5.74) is 3.07. The first kappa shape index (κ1) is 18.0. The van der Waals surface area contributed by atoms with Crippen LogP contribution in [-0.4, -0.2) is 21.5 Å². The molecule has 0 saturated heterocycles. The van der Waals surface area contributed by atoms with Gasteiger partial charge in [-0.1, -0.05) is 18.9 Å². The third-order valence-corrected chi connectivity index (χ3v) is 5.35. The fraction of sp³-hybridized carbons (Fsp3) is 0.526. The second kappa shape index (κ2) is 7.22. The Morgan fingerprint density at radius 2 is 1.96 bits per heavy atom. The van der Waals surface area contributed by atoms with Gasteiger partial charge in [-0.3, -0.25) is 4.68 Å². The summed E-state index contributed by atoms with van der Waals surface area (Å²) in [4.78, 5) is 0. The normalized spacial score (nSPS) is 16.5. The van der Waals surface area contributed by atoms with Crippen molar-refractivity contribution in [3.63, 3.8) is 0 Å². The van der Waals surface area contributed by atoms with E-state index in [2.05, 4.69) is 10.4 Å². The number of aliphatic hydroxyl groups excluding tert-OH is 1. The number of nitrogens with one attached hydrogen (secondary N) is 1. The Kier molecular flexibility index (Phi) is 5.20. The van der Waals surface area contributed by atoms with Gasteiger partial charge in [-0.05, 0) is 32.8 Å². The monoisotopic (exact) mass is 349 g/mol. The van der Waals surface area contributed by atoms with Crippen molar-refractivity contribution in [1.29, 1.82) is 0 Å². The summed E-state index contributed by atoms with van der Waals surface area (Å²) >= 11 is 0. The van der Waals surface area contributed by atoms with Gasteiger partial charge in [-0.25, -0.2) is 8.78 Å². The maximum Gasteiger partial charge on any atom is 0.131 e. The summed E-state index contributed by atoms with van der Waals surface area (Å²) in [5, 5.41) is 17.2. The number of aliphatic hydroxyl groups is 1. The predicted molar refractivity (Wildman–Crippen MR) is 92.1 cm³/mol. The highest BCUT2D eigenvalue weighted by Crippen LogP contribution is 2.40. The third-order valence-electron chi connectivity index (χ3n) is 5.35. The van der Waals surface area contributed by atoms with E-state index in [1.807, 2.05) is 13.8 Å². The first-order chi connectivity index (χ1) is 12.0. The van der Waals surface area contributed by atoms with Gasteiger partial charge in [0.05, 0.1) is 18.8 Å². The van der Waals surface area contributed by atoms with E-state index in [4.69, 9.17) is 5.11 Å². The maximum atomic E-state index is 14.4. The largest absolute Gasteiger partial charge is 0.394 e. The lowest BCUT2D eigenvalue weighted by molar-refractivity contribution is 0.267. The number of nitrogens with zero attached hydrogens (tertiary/aromatic N) is 2. The first-order valence-electron chi connectivity index (χ1n) is 8.81. The van der Waals surface area contributed by atoms with E-state index in [0.717, 1.165) is 48.7 Å². The molecule has 2 aromatic rings. The molecule has 1 fully saturated rings. The van der Waals surface area contributed by atoms with Gasteiger partial charge in [0.1, 0.15) is 11.6 Å². The molecule has 1 heterocycles. The van der Waals surface area contributed by atoms with Crippen molar-refractivity contribution in [2.24, 2.45) is 0 Å². The van der Waals surface area contributed by atoms with Gasteiger partial charge < -0.3 is 10.4 Å². The van der Waals surface area contributed by atoms with Crippen LogP contribution in [0.2, 0.25) is 0 Å². The van der Waals surface area contributed by atoms with Crippen LogP contribution in [0.15, 0.2) is 18.2 Å². The Labute approximate surface area is 146 Å². The molecular formula is C19H25F2N3O. The van der Waals surface area contributed by atoms with Crippen molar-refractivity contribution in [2.45, 2.75) is 58.2 Å². The average Bonchev–Trinajstić information content (AvgIpc) is 3.13. The van der Waals surface area contributed by atoms with Crippen molar-refractivity contribution in [3.8, 4) is 0 Å². The van der Waals surface area contributed by atoms with Gasteiger partial charge in [-0.15, -0.1) is 0 Å². The van der Waals surface area contributed by atoms with Crippen LogP contribution in [-0.2, 0) is 18.6 Å². The maximum absolute atomic E-state index is 14.4. The molecule has 0 amide bonds. The van der Waals surface area contributed by atoms with Gasteiger partial charge in [0.2, 0.25) is 0 Å². The topological polar surface area (TPSA) is 50.1 Å². The Morgan fingerprint density at radius 1 is 1.24 bits per heavy atom. The van der Waals surface area contributed by atoms with Gasteiger partial charge in [0.15, 0.2) is 0 Å². The molecule has 0 spiro atoms. The number of rotatable bonds is 6. The average molecular weight is 349 g/mol. The van der Waals surface area contributed by atoms with Crippen molar-refractivity contribution in [3.05, 3.63) is 52.3 Å². The molecule has 0 aliphatic heterocycles. The smallest absolute Gasteiger partial charge is 0.131 e. The highest BCUT2D eigenvalue weighted by Gasteiger charge is 2.37. The third kappa shape index (κ3) is 3.46. The summed E-state index contributed by atoms with van der Waals surface area (Å²) in [7, 11) is 0. The van der Waals surface area contributed by atoms with E-state index in [1.54, 1.807) is 10.7 Å². The number of hydrogen-bond donors (Lipinski definition) is 2. The van der Waals surface area contributed by atoms with Crippen LogP contribution in [0, 0.1) is 25.5 Å². The number of aromatic nitrogens is 2. The van der Waals surface area contributed by atoms with Crippen LogP contribution >= 0.6 is 0 Å². The molecular weight excluding hydrogens is 324 g/mol. The number of halogens is 2. The number of aryl methyl sites for hydroxylation is 1. The zero-order valence-electron chi connectivity index (χ0n) is 14.8. The van der Waals surface area contributed by atoms with Crippen molar-refractivity contribution in [2.75, 3.05) is 6.61 Å². The van der Waals surface area contributed by atoms with Gasteiger partial charge in [-0.2, -0.15) is 5.10 Å². The van der Waals surface area contributed by atoms with Crippen molar-refractivity contribution in [1.82, 2.24) is 15.1 Å². The molecule has 1 aromatic heterocycles. The highest BCUT2D eigenvalue weighted by atomic mass is 19.1. The van der Waals surface area contributed by atoms with Crippen LogP contribution in [0.4, 0.5) is 8.78 Å². The fourth-order valence-electron chi connectivity index (χ4n) is 3.96. The lowest BCUT2D eigenvalue weighted by Gasteiger charge is -2.32. The summed E-state index contributed by atoms with van der Waals surface area (Å²) < 4.78 is 29.5. The fourth-order valence-corrected chi connectivity index (χ4v) is 3.96. The second-order valence-corrected chi connectivity index (χ2v) is 6.86. The van der Waals surface area contributed by atoms with Gasteiger partial charge in [0, 0.05) is 35.0 Å². The van der Waals surface area contributed by atoms with E-state index in [-0.39, 0.29) is 6.61 Å². The Balaban J connectivity index is 1.86. The van der Waals surface area contributed by atoms with Gasteiger partial charge in [0.25, 0.3) is 0 Å².